The first-order valence-corrected chi connectivity index (χ1v) is 5.19. The lowest BCUT2D eigenvalue weighted by atomic mass is 10.0. The van der Waals surface area contributed by atoms with Crippen molar-refractivity contribution in [3.8, 4) is 0 Å². The van der Waals surface area contributed by atoms with Crippen molar-refractivity contribution in [3.63, 3.8) is 0 Å². The Balaban J connectivity index is 3.98. The van der Waals surface area contributed by atoms with Crippen molar-refractivity contribution in [1.29, 1.82) is 0 Å². The van der Waals surface area contributed by atoms with Crippen molar-refractivity contribution in [2.45, 2.75) is 38.4 Å². The summed E-state index contributed by atoms with van der Waals surface area (Å²) in [5.74, 6) is -0.281. The Kier molecular flexibility index (Phi) is 6.47. The first kappa shape index (κ1) is 14.3. The lowest BCUT2D eigenvalue weighted by Gasteiger charge is -2.24. The topological polar surface area (TPSA) is 84.6 Å². The second kappa shape index (κ2) is 6.76. The molecule has 0 aliphatic carbocycles. The van der Waals surface area contributed by atoms with E-state index in [0.717, 1.165) is 6.42 Å². The number of nitrogens with one attached hydrogen (secondary N) is 1. The molecule has 0 aromatic heterocycles. The van der Waals surface area contributed by atoms with Crippen LogP contribution in [0.4, 0.5) is 0 Å². The minimum absolute atomic E-state index is 0.137. The van der Waals surface area contributed by atoms with Gasteiger partial charge in [-0.3, -0.25) is 4.79 Å². The minimum Gasteiger partial charge on any atom is -0.388 e. The van der Waals surface area contributed by atoms with Gasteiger partial charge in [-0.1, -0.05) is 13.3 Å². The molecule has 1 amide bonds. The summed E-state index contributed by atoms with van der Waals surface area (Å²) >= 11 is 0. The van der Waals surface area contributed by atoms with Crippen molar-refractivity contribution in [3.05, 3.63) is 0 Å². The molecule has 0 heterocycles. The van der Waals surface area contributed by atoms with Crippen LogP contribution >= 0.6 is 0 Å². The molecule has 2 unspecified atom stereocenters. The molecule has 0 bridgehead atoms. The maximum Gasteiger partial charge on any atom is 0.250 e. The van der Waals surface area contributed by atoms with Gasteiger partial charge in [0.2, 0.25) is 0 Å². The van der Waals surface area contributed by atoms with Gasteiger partial charge in [-0.15, -0.1) is 0 Å². The molecule has 0 fully saturated rings. The molecule has 4 N–H and O–H groups in total. The molecule has 0 saturated heterocycles. The van der Waals surface area contributed by atoms with Crippen molar-refractivity contribution < 1.29 is 14.6 Å². The largest absolute Gasteiger partial charge is 0.388 e. The Bertz CT molecular complexity index is 191. The van der Waals surface area contributed by atoms with E-state index in [1.54, 1.807) is 6.92 Å². The zero-order chi connectivity index (χ0) is 11.9. The minimum atomic E-state index is -0.864. The second-order valence-electron chi connectivity index (χ2n) is 3.92. The van der Waals surface area contributed by atoms with Gasteiger partial charge in [0.05, 0.1) is 5.60 Å². The molecule has 5 nitrogen and oxygen atoms in total. The van der Waals surface area contributed by atoms with Gasteiger partial charge < -0.3 is 20.9 Å². The normalized spacial score (nSPS) is 16.9. The van der Waals surface area contributed by atoms with Crippen LogP contribution in [0.5, 0.6) is 0 Å². The van der Waals surface area contributed by atoms with Crippen molar-refractivity contribution in [1.82, 2.24) is 5.32 Å². The summed E-state index contributed by atoms with van der Waals surface area (Å²) in [7, 11) is 1.43. The Morgan fingerprint density at radius 3 is 2.67 bits per heavy atom. The zero-order valence-corrected chi connectivity index (χ0v) is 9.75. The Morgan fingerprint density at radius 2 is 2.27 bits per heavy atom. The smallest absolute Gasteiger partial charge is 0.250 e. The van der Waals surface area contributed by atoms with Gasteiger partial charge in [0.25, 0.3) is 5.91 Å². The maximum absolute atomic E-state index is 11.4. The first-order valence-electron chi connectivity index (χ1n) is 5.19. The SMILES string of the molecule is CCCC(C)(O)CNC(=O)C(CN)OC. The molecule has 0 saturated carbocycles. The standard InChI is InChI=1S/C10H22N2O3/c1-4-5-10(2,14)7-12-9(13)8(6-11)15-3/h8,14H,4-7,11H2,1-3H3,(H,12,13). The zero-order valence-electron chi connectivity index (χ0n) is 9.75. The number of methoxy groups -OCH3 is 1. The van der Waals surface area contributed by atoms with Gasteiger partial charge in [-0.25, -0.2) is 0 Å². The molecular formula is C10H22N2O3. The number of amides is 1. The van der Waals surface area contributed by atoms with E-state index in [2.05, 4.69) is 5.32 Å². The van der Waals surface area contributed by atoms with Crippen LogP contribution in [0.2, 0.25) is 0 Å². The summed E-state index contributed by atoms with van der Waals surface area (Å²) in [6.45, 7) is 4.03. The van der Waals surface area contributed by atoms with Crippen LogP contribution in [-0.4, -0.2) is 42.9 Å². The fourth-order valence-corrected chi connectivity index (χ4v) is 1.33. The number of carbonyl (C=O) groups is 1. The quantitative estimate of drug-likeness (QED) is 0.544. The third-order valence-corrected chi connectivity index (χ3v) is 2.22. The van der Waals surface area contributed by atoms with Crippen LogP contribution < -0.4 is 11.1 Å². The van der Waals surface area contributed by atoms with E-state index in [1.807, 2.05) is 6.92 Å². The lowest BCUT2D eigenvalue weighted by Crippen LogP contribution is -2.46. The van der Waals surface area contributed by atoms with Gasteiger partial charge in [0, 0.05) is 20.2 Å². The van der Waals surface area contributed by atoms with E-state index < -0.39 is 11.7 Å². The van der Waals surface area contributed by atoms with Crippen LogP contribution in [0, 0.1) is 0 Å². The highest BCUT2D eigenvalue weighted by atomic mass is 16.5. The number of hydrogen-bond donors (Lipinski definition) is 3. The number of aliphatic hydroxyl groups is 1. The Labute approximate surface area is 91.0 Å². The van der Waals surface area contributed by atoms with E-state index >= 15 is 0 Å². The van der Waals surface area contributed by atoms with Crippen LogP contribution in [0.25, 0.3) is 0 Å². The Morgan fingerprint density at radius 1 is 1.67 bits per heavy atom. The van der Waals surface area contributed by atoms with Gasteiger partial charge in [-0.2, -0.15) is 0 Å². The van der Waals surface area contributed by atoms with Gasteiger partial charge in [0.1, 0.15) is 6.10 Å². The van der Waals surface area contributed by atoms with Crippen LogP contribution in [0.1, 0.15) is 26.7 Å². The lowest BCUT2D eigenvalue weighted by molar-refractivity contribution is -0.131. The van der Waals surface area contributed by atoms with E-state index in [4.69, 9.17) is 10.5 Å². The predicted octanol–water partition coefficient (Wildman–Crippen LogP) is -0.373. The molecule has 2 atom stereocenters. The number of carbonyl (C=O) groups excluding carboxylic acids is 1. The summed E-state index contributed by atoms with van der Waals surface area (Å²) in [6, 6.07) is 0. The fraction of sp³-hybridized carbons (Fsp3) is 0.900. The third-order valence-electron chi connectivity index (χ3n) is 2.22. The Hall–Kier alpha value is -0.650. The van der Waals surface area contributed by atoms with E-state index in [9.17, 15) is 9.90 Å². The monoisotopic (exact) mass is 218 g/mol. The molecule has 0 aliphatic heterocycles. The third kappa shape index (κ3) is 5.71. The van der Waals surface area contributed by atoms with Crippen LogP contribution in [-0.2, 0) is 9.53 Å². The summed E-state index contributed by atoms with van der Waals surface area (Å²) in [5, 5.41) is 12.4. The molecule has 90 valence electrons. The van der Waals surface area contributed by atoms with Crippen LogP contribution in [0.15, 0.2) is 0 Å². The highest BCUT2D eigenvalue weighted by molar-refractivity contribution is 5.81. The summed E-state index contributed by atoms with van der Waals surface area (Å²) in [5.41, 5.74) is 4.47. The number of rotatable bonds is 7. The summed E-state index contributed by atoms with van der Waals surface area (Å²) in [6.07, 6.45) is 0.878. The van der Waals surface area contributed by atoms with Crippen molar-refractivity contribution >= 4 is 5.91 Å². The molecular weight excluding hydrogens is 196 g/mol. The molecule has 5 heteroatoms. The van der Waals surface area contributed by atoms with Gasteiger partial charge in [0.15, 0.2) is 0 Å². The molecule has 0 radical (unpaired) electrons. The van der Waals surface area contributed by atoms with E-state index in [0.29, 0.717) is 6.42 Å². The average molecular weight is 218 g/mol. The molecule has 0 aromatic rings. The highest BCUT2D eigenvalue weighted by Crippen LogP contribution is 2.09. The molecule has 0 spiro atoms. The first-order chi connectivity index (χ1) is 6.96. The van der Waals surface area contributed by atoms with E-state index in [-0.39, 0.29) is 19.0 Å². The fourth-order valence-electron chi connectivity index (χ4n) is 1.33. The van der Waals surface area contributed by atoms with Crippen molar-refractivity contribution in [2.75, 3.05) is 20.2 Å². The highest BCUT2D eigenvalue weighted by Gasteiger charge is 2.22. The maximum atomic E-state index is 11.4. The van der Waals surface area contributed by atoms with Crippen molar-refractivity contribution in [2.24, 2.45) is 5.73 Å². The predicted molar refractivity (Wildman–Crippen MR) is 58.4 cm³/mol. The van der Waals surface area contributed by atoms with E-state index in [1.165, 1.54) is 7.11 Å². The average Bonchev–Trinajstić information content (AvgIpc) is 2.17. The summed E-state index contributed by atoms with van der Waals surface area (Å²) < 4.78 is 4.87. The molecule has 0 aliphatic rings. The molecule has 0 rings (SSSR count). The second-order valence-corrected chi connectivity index (χ2v) is 3.92. The van der Waals surface area contributed by atoms with Crippen LogP contribution in [0.3, 0.4) is 0 Å². The molecule has 0 aromatic carbocycles. The van der Waals surface area contributed by atoms with Gasteiger partial charge in [-0.05, 0) is 13.3 Å². The van der Waals surface area contributed by atoms with Gasteiger partial charge >= 0.3 is 0 Å². The number of nitrogens with two attached hydrogens (primary N) is 1. The number of hydrogen-bond acceptors (Lipinski definition) is 4. The summed E-state index contributed by atoms with van der Waals surface area (Å²) in [4.78, 5) is 11.4. The number of ether oxygens (including phenoxy) is 1. The molecule has 15 heavy (non-hydrogen) atoms.